The van der Waals surface area contributed by atoms with Crippen molar-refractivity contribution in [1.29, 1.82) is 0 Å². The van der Waals surface area contributed by atoms with E-state index in [1.165, 1.54) is 6.07 Å². The summed E-state index contributed by atoms with van der Waals surface area (Å²) >= 11 is 2.88. The van der Waals surface area contributed by atoms with Crippen molar-refractivity contribution in [3.05, 3.63) is 33.8 Å². The van der Waals surface area contributed by atoms with E-state index in [2.05, 4.69) is 15.9 Å². The Labute approximate surface area is 82.5 Å². The molecule has 0 amide bonds. The first kappa shape index (κ1) is 10.6. The minimum atomic E-state index is -1.10. The summed E-state index contributed by atoms with van der Waals surface area (Å²) in [6, 6.07) is 1.89. The first-order chi connectivity index (χ1) is 6.06. The monoisotopic (exact) mass is 251 g/mol. The first-order valence-electron chi connectivity index (χ1n) is 3.59. The third-order valence-electron chi connectivity index (χ3n) is 1.62. The molecule has 1 rings (SSSR count). The molecule has 0 aliphatic carbocycles. The number of nitrogens with two attached hydrogens (primary N) is 1. The lowest BCUT2D eigenvalue weighted by Gasteiger charge is -2.09. The highest BCUT2D eigenvalue weighted by molar-refractivity contribution is 9.10. The topological polar surface area (TPSA) is 46.2 Å². The summed E-state index contributed by atoms with van der Waals surface area (Å²) in [5.74, 6) is -1.50. The van der Waals surface area contributed by atoms with Crippen LogP contribution < -0.4 is 5.73 Å². The molecule has 72 valence electrons. The van der Waals surface area contributed by atoms with Crippen molar-refractivity contribution in [3.8, 4) is 0 Å². The van der Waals surface area contributed by atoms with Crippen LogP contribution >= 0.6 is 15.9 Å². The average Bonchev–Trinajstić information content (AvgIpc) is 2.10. The van der Waals surface area contributed by atoms with E-state index < -0.39 is 17.7 Å². The van der Waals surface area contributed by atoms with Gasteiger partial charge in [0.25, 0.3) is 0 Å². The van der Waals surface area contributed by atoms with Crippen molar-refractivity contribution >= 4 is 15.9 Å². The molecule has 0 spiro atoms. The van der Waals surface area contributed by atoms with Crippen LogP contribution in [0.5, 0.6) is 0 Å². The van der Waals surface area contributed by atoms with E-state index in [1.54, 1.807) is 0 Å². The molecule has 0 aliphatic rings. The average molecular weight is 252 g/mol. The molecule has 0 radical (unpaired) electrons. The van der Waals surface area contributed by atoms with Gasteiger partial charge in [-0.3, -0.25) is 0 Å². The Kier molecular flexibility index (Phi) is 3.35. The number of aliphatic hydroxyl groups is 1. The van der Waals surface area contributed by atoms with Crippen LogP contribution in [-0.2, 0) is 0 Å². The van der Waals surface area contributed by atoms with Crippen molar-refractivity contribution < 1.29 is 13.9 Å². The third-order valence-corrected chi connectivity index (χ3v) is 2.23. The molecule has 1 atom stereocenters. The molecular formula is C8H8BrF2NO. The molecule has 0 saturated heterocycles. The molecule has 3 N–H and O–H groups in total. The van der Waals surface area contributed by atoms with E-state index in [9.17, 15) is 13.9 Å². The van der Waals surface area contributed by atoms with Crippen LogP contribution in [0, 0.1) is 11.6 Å². The molecular weight excluding hydrogens is 244 g/mol. The fourth-order valence-electron chi connectivity index (χ4n) is 0.920. The van der Waals surface area contributed by atoms with Gasteiger partial charge in [0.1, 0.15) is 11.6 Å². The second-order valence-corrected chi connectivity index (χ2v) is 3.39. The SMILES string of the molecule is NC[C@H](O)c1cc(Br)c(F)cc1F. The molecule has 0 saturated carbocycles. The summed E-state index contributed by atoms with van der Waals surface area (Å²) in [6.45, 7) is -0.102. The number of halogens is 3. The Morgan fingerprint density at radius 2 is 2.00 bits per heavy atom. The molecule has 13 heavy (non-hydrogen) atoms. The summed E-state index contributed by atoms with van der Waals surface area (Å²) in [7, 11) is 0. The molecule has 0 fully saturated rings. The highest BCUT2D eigenvalue weighted by Crippen LogP contribution is 2.23. The van der Waals surface area contributed by atoms with Gasteiger partial charge in [0.05, 0.1) is 10.6 Å². The summed E-state index contributed by atoms with van der Waals surface area (Å²) in [5, 5.41) is 9.22. The molecule has 5 heteroatoms. The van der Waals surface area contributed by atoms with Gasteiger partial charge in [0, 0.05) is 18.2 Å². The zero-order valence-corrected chi connectivity index (χ0v) is 8.18. The van der Waals surface area contributed by atoms with Gasteiger partial charge >= 0.3 is 0 Å². The molecule has 0 unspecified atom stereocenters. The van der Waals surface area contributed by atoms with Crippen LogP contribution in [0.1, 0.15) is 11.7 Å². The summed E-state index contributed by atoms with van der Waals surface area (Å²) in [4.78, 5) is 0. The second-order valence-electron chi connectivity index (χ2n) is 2.54. The lowest BCUT2D eigenvalue weighted by Crippen LogP contribution is -2.13. The van der Waals surface area contributed by atoms with Crippen molar-refractivity contribution in [2.45, 2.75) is 6.10 Å². The predicted octanol–water partition coefficient (Wildman–Crippen LogP) is 1.72. The van der Waals surface area contributed by atoms with E-state index in [-0.39, 0.29) is 16.6 Å². The summed E-state index contributed by atoms with van der Waals surface area (Å²) in [5.41, 5.74) is 5.13. The number of aliphatic hydroxyl groups excluding tert-OH is 1. The zero-order valence-electron chi connectivity index (χ0n) is 6.60. The van der Waals surface area contributed by atoms with Crippen LogP contribution in [-0.4, -0.2) is 11.7 Å². The first-order valence-corrected chi connectivity index (χ1v) is 4.38. The van der Waals surface area contributed by atoms with Crippen LogP contribution in [0.25, 0.3) is 0 Å². The zero-order chi connectivity index (χ0) is 10.0. The maximum absolute atomic E-state index is 13.0. The Bertz CT molecular complexity index is 319. The van der Waals surface area contributed by atoms with Gasteiger partial charge in [0.2, 0.25) is 0 Å². The van der Waals surface area contributed by atoms with Crippen molar-refractivity contribution in [2.24, 2.45) is 5.73 Å². The molecule has 0 aromatic heterocycles. The van der Waals surface area contributed by atoms with E-state index in [0.29, 0.717) is 6.07 Å². The number of hydrogen-bond acceptors (Lipinski definition) is 2. The largest absolute Gasteiger partial charge is 0.387 e. The molecule has 2 nitrogen and oxygen atoms in total. The Hall–Kier alpha value is -0.520. The van der Waals surface area contributed by atoms with Gasteiger partial charge in [-0.25, -0.2) is 8.78 Å². The van der Waals surface area contributed by atoms with Gasteiger partial charge in [-0.15, -0.1) is 0 Å². The number of rotatable bonds is 2. The smallest absolute Gasteiger partial charge is 0.140 e. The molecule has 0 bridgehead atoms. The Balaban J connectivity index is 3.15. The summed E-state index contributed by atoms with van der Waals surface area (Å²) in [6.07, 6.45) is -1.10. The van der Waals surface area contributed by atoms with Gasteiger partial charge in [-0.2, -0.15) is 0 Å². The van der Waals surface area contributed by atoms with Gasteiger partial charge in [0.15, 0.2) is 0 Å². The van der Waals surface area contributed by atoms with Gasteiger partial charge < -0.3 is 10.8 Å². The highest BCUT2D eigenvalue weighted by Gasteiger charge is 2.14. The lowest BCUT2D eigenvalue weighted by atomic mass is 10.1. The molecule has 1 aromatic rings. The minimum absolute atomic E-state index is 0.00391. The maximum Gasteiger partial charge on any atom is 0.140 e. The van der Waals surface area contributed by atoms with E-state index in [1.807, 2.05) is 0 Å². The van der Waals surface area contributed by atoms with Crippen molar-refractivity contribution in [3.63, 3.8) is 0 Å². The molecule has 0 aliphatic heterocycles. The predicted molar refractivity (Wildman–Crippen MR) is 48.1 cm³/mol. The van der Waals surface area contributed by atoms with Crippen LogP contribution in [0.3, 0.4) is 0 Å². The van der Waals surface area contributed by atoms with Crippen LogP contribution in [0.4, 0.5) is 8.78 Å². The molecule has 0 heterocycles. The van der Waals surface area contributed by atoms with E-state index in [0.717, 1.165) is 0 Å². The Morgan fingerprint density at radius 1 is 1.38 bits per heavy atom. The fourth-order valence-corrected chi connectivity index (χ4v) is 1.28. The van der Waals surface area contributed by atoms with E-state index >= 15 is 0 Å². The standard InChI is InChI=1S/C8H8BrF2NO/c9-5-1-4(8(13)3-12)6(10)2-7(5)11/h1-2,8,13H,3,12H2/t8-/m0/s1. The maximum atomic E-state index is 13.0. The third kappa shape index (κ3) is 2.24. The van der Waals surface area contributed by atoms with Gasteiger partial charge in [-0.1, -0.05) is 0 Å². The van der Waals surface area contributed by atoms with Crippen LogP contribution in [0.15, 0.2) is 16.6 Å². The highest BCUT2D eigenvalue weighted by atomic mass is 79.9. The lowest BCUT2D eigenvalue weighted by molar-refractivity contribution is 0.181. The molecule has 1 aromatic carbocycles. The Morgan fingerprint density at radius 3 is 2.54 bits per heavy atom. The minimum Gasteiger partial charge on any atom is -0.387 e. The quantitative estimate of drug-likeness (QED) is 0.787. The fraction of sp³-hybridized carbons (Fsp3) is 0.250. The van der Waals surface area contributed by atoms with E-state index in [4.69, 9.17) is 5.73 Å². The van der Waals surface area contributed by atoms with Crippen molar-refractivity contribution in [1.82, 2.24) is 0 Å². The second kappa shape index (κ2) is 4.13. The van der Waals surface area contributed by atoms with Crippen LogP contribution in [0.2, 0.25) is 0 Å². The van der Waals surface area contributed by atoms with Gasteiger partial charge in [-0.05, 0) is 22.0 Å². The number of benzene rings is 1. The summed E-state index contributed by atoms with van der Waals surface area (Å²) < 4.78 is 25.8. The normalized spacial score (nSPS) is 13.0. The van der Waals surface area contributed by atoms with Crippen molar-refractivity contribution in [2.75, 3.05) is 6.54 Å². The number of hydrogen-bond donors (Lipinski definition) is 2.